The number of rotatable bonds is 1. The van der Waals surface area contributed by atoms with E-state index < -0.39 is 11.6 Å². The minimum absolute atomic E-state index is 0.257. The summed E-state index contributed by atoms with van der Waals surface area (Å²) in [6.45, 7) is 1.84. The van der Waals surface area contributed by atoms with Crippen LogP contribution in [0.15, 0.2) is 24.5 Å². The quantitative estimate of drug-likeness (QED) is 0.676. The summed E-state index contributed by atoms with van der Waals surface area (Å²) in [6.07, 6.45) is 1.33. The molecule has 0 radical (unpaired) electrons. The highest BCUT2D eigenvalue weighted by Crippen LogP contribution is 2.31. The molecule has 3 nitrogen and oxygen atoms in total. The normalized spacial score (nSPS) is 11.1. The molecule has 6 heteroatoms. The van der Waals surface area contributed by atoms with E-state index in [1.54, 1.807) is 0 Å². The predicted molar refractivity (Wildman–Crippen MR) is 65.3 cm³/mol. The Hall–Kier alpha value is -1.95. The van der Waals surface area contributed by atoms with Gasteiger partial charge in [0, 0.05) is 11.6 Å². The number of halogens is 2. The van der Waals surface area contributed by atoms with Crippen molar-refractivity contribution >= 4 is 21.7 Å². The molecule has 2 aromatic heterocycles. The Morgan fingerprint density at radius 3 is 2.78 bits per heavy atom. The third-order valence-corrected chi connectivity index (χ3v) is 3.45. The molecule has 18 heavy (non-hydrogen) atoms. The molecule has 2 heterocycles. The fourth-order valence-electron chi connectivity index (χ4n) is 1.73. The van der Waals surface area contributed by atoms with Gasteiger partial charge in [0.25, 0.3) is 0 Å². The van der Waals surface area contributed by atoms with Gasteiger partial charge in [-0.15, -0.1) is 11.3 Å². The lowest BCUT2D eigenvalue weighted by Crippen LogP contribution is -1.91. The maximum absolute atomic E-state index is 13.8. The Morgan fingerprint density at radius 1 is 1.17 bits per heavy atom. The molecule has 0 aliphatic carbocycles. The number of hydrogen-bond acceptors (Lipinski definition) is 4. The van der Waals surface area contributed by atoms with Crippen LogP contribution in [0.2, 0.25) is 0 Å². The van der Waals surface area contributed by atoms with Gasteiger partial charge in [-0.25, -0.2) is 23.7 Å². The molecule has 0 aliphatic heterocycles. The van der Waals surface area contributed by atoms with Gasteiger partial charge in [0.2, 0.25) is 0 Å². The molecular weight excluding hydrogens is 256 g/mol. The molecule has 0 fully saturated rings. The Kier molecular flexibility index (Phi) is 2.52. The highest BCUT2D eigenvalue weighted by molar-refractivity contribution is 7.19. The molecule has 0 saturated carbocycles. The van der Waals surface area contributed by atoms with Crippen LogP contribution in [-0.2, 0) is 0 Å². The molecule has 3 aromatic rings. The second-order valence-electron chi connectivity index (χ2n) is 3.73. The second-order valence-corrected chi connectivity index (χ2v) is 4.94. The maximum Gasteiger partial charge on any atom is 0.174 e. The first-order chi connectivity index (χ1) is 8.65. The summed E-state index contributed by atoms with van der Waals surface area (Å²) in [5.74, 6) is -1.25. The van der Waals surface area contributed by atoms with Gasteiger partial charge in [-0.2, -0.15) is 0 Å². The first-order valence-corrected chi connectivity index (χ1v) is 6.00. The minimum atomic E-state index is -0.638. The summed E-state index contributed by atoms with van der Waals surface area (Å²) in [5, 5.41) is 0.828. The molecule has 0 bridgehead atoms. The van der Waals surface area contributed by atoms with E-state index in [0.717, 1.165) is 11.1 Å². The summed E-state index contributed by atoms with van der Waals surface area (Å²) in [6, 6.07) is 3.43. The van der Waals surface area contributed by atoms with Crippen LogP contribution in [-0.4, -0.2) is 15.0 Å². The van der Waals surface area contributed by atoms with Crippen LogP contribution < -0.4 is 0 Å². The molecule has 0 spiro atoms. The van der Waals surface area contributed by atoms with Gasteiger partial charge >= 0.3 is 0 Å². The summed E-state index contributed by atoms with van der Waals surface area (Å²) < 4.78 is 27.4. The first-order valence-electron chi connectivity index (χ1n) is 5.19. The monoisotopic (exact) mass is 263 g/mol. The van der Waals surface area contributed by atoms with E-state index in [9.17, 15) is 8.78 Å². The van der Waals surface area contributed by atoms with Crippen LogP contribution >= 0.6 is 11.3 Å². The number of aryl methyl sites for hydroxylation is 1. The standard InChI is InChI=1S/C12H7F2N3S/c1-6-17-12-11(18-6)10(15-5-16-12)8-3-2-7(13)4-9(8)14/h2-5H,1H3. The zero-order chi connectivity index (χ0) is 12.7. The van der Waals surface area contributed by atoms with Crippen molar-refractivity contribution in [3.8, 4) is 11.3 Å². The van der Waals surface area contributed by atoms with Crippen LogP contribution in [0.3, 0.4) is 0 Å². The smallest absolute Gasteiger partial charge is 0.174 e. The fraction of sp³-hybridized carbons (Fsp3) is 0.0833. The van der Waals surface area contributed by atoms with E-state index in [0.29, 0.717) is 16.0 Å². The number of nitrogens with zero attached hydrogens (tertiary/aromatic N) is 3. The van der Waals surface area contributed by atoms with Crippen molar-refractivity contribution in [3.63, 3.8) is 0 Å². The van der Waals surface area contributed by atoms with Crippen molar-refractivity contribution in [2.45, 2.75) is 6.92 Å². The second kappa shape index (κ2) is 4.06. The first kappa shape index (κ1) is 11.2. The van der Waals surface area contributed by atoms with Crippen molar-refractivity contribution in [1.29, 1.82) is 0 Å². The van der Waals surface area contributed by atoms with Gasteiger partial charge in [-0.05, 0) is 19.1 Å². The molecule has 3 rings (SSSR count). The van der Waals surface area contributed by atoms with Gasteiger partial charge in [0.05, 0.1) is 10.7 Å². The van der Waals surface area contributed by atoms with Gasteiger partial charge in [-0.1, -0.05) is 0 Å². The summed E-state index contributed by atoms with van der Waals surface area (Å²) in [7, 11) is 0. The van der Waals surface area contributed by atoms with Gasteiger partial charge < -0.3 is 0 Å². The largest absolute Gasteiger partial charge is 0.235 e. The van der Waals surface area contributed by atoms with Crippen molar-refractivity contribution in [1.82, 2.24) is 15.0 Å². The minimum Gasteiger partial charge on any atom is -0.235 e. The third-order valence-electron chi connectivity index (χ3n) is 2.48. The van der Waals surface area contributed by atoms with Crippen LogP contribution in [0.25, 0.3) is 21.6 Å². The van der Waals surface area contributed by atoms with E-state index in [1.807, 2.05) is 6.92 Å². The van der Waals surface area contributed by atoms with Crippen molar-refractivity contribution in [2.75, 3.05) is 0 Å². The van der Waals surface area contributed by atoms with Crippen molar-refractivity contribution in [2.24, 2.45) is 0 Å². The van der Waals surface area contributed by atoms with E-state index >= 15 is 0 Å². The molecule has 0 amide bonds. The molecule has 0 aliphatic rings. The van der Waals surface area contributed by atoms with Crippen LogP contribution in [0, 0.1) is 18.6 Å². The average molecular weight is 263 g/mol. The highest BCUT2D eigenvalue weighted by atomic mass is 32.1. The number of fused-ring (bicyclic) bond motifs is 1. The van der Waals surface area contributed by atoms with Crippen LogP contribution in [0.4, 0.5) is 8.78 Å². The number of hydrogen-bond donors (Lipinski definition) is 0. The van der Waals surface area contributed by atoms with Gasteiger partial charge in [-0.3, -0.25) is 0 Å². The molecule has 1 aromatic carbocycles. The molecule has 0 atom stereocenters. The lowest BCUT2D eigenvalue weighted by atomic mass is 10.1. The number of thiazole rings is 1. The average Bonchev–Trinajstić information content (AvgIpc) is 2.69. The molecule has 0 unspecified atom stereocenters. The summed E-state index contributed by atoms with van der Waals surface area (Å²) in [4.78, 5) is 12.3. The van der Waals surface area contributed by atoms with E-state index in [2.05, 4.69) is 15.0 Å². The topological polar surface area (TPSA) is 38.7 Å². The van der Waals surface area contributed by atoms with E-state index in [-0.39, 0.29) is 5.56 Å². The third kappa shape index (κ3) is 1.74. The molecule has 0 saturated heterocycles. The highest BCUT2D eigenvalue weighted by Gasteiger charge is 2.14. The summed E-state index contributed by atoms with van der Waals surface area (Å²) >= 11 is 1.39. The Balaban J connectivity index is 2.31. The summed E-state index contributed by atoms with van der Waals surface area (Å²) in [5.41, 5.74) is 1.24. The Bertz CT molecular complexity index is 739. The van der Waals surface area contributed by atoms with E-state index in [1.165, 1.54) is 29.8 Å². The van der Waals surface area contributed by atoms with E-state index in [4.69, 9.17) is 0 Å². The lowest BCUT2D eigenvalue weighted by Gasteiger charge is -2.02. The van der Waals surface area contributed by atoms with Crippen molar-refractivity contribution in [3.05, 3.63) is 41.2 Å². The number of benzene rings is 1. The Labute approximate surface area is 105 Å². The predicted octanol–water partition coefficient (Wildman–Crippen LogP) is 3.34. The van der Waals surface area contributed by atoms with Gasteiger partial charge in [0.1, 0.15) is 22.7 Å². The lowest BCUT2D eigenvalue weighted by molar-refractivity contribution is 0.585. The van der Waals surface area contributed by atoms with Gasteiger partial charge in [0.15, 0.2) is 5.65 Å². The molecule has 90 valence electrons. The molecular formula is C12H7F2N3S. The molecule has 0 N–H and O–H groups in total. The Morgan fingerprint density at radius 2 is 2.00 bits per heavy atom. The van der Waals surface area contributed by atoms with Crippen molar-refractivity contribution < 1.29 is 8.78 Å². The van der Waals surface area contributed by atoms with Crippen LogP contribution in [0.5, 0.6) is 0 Å². The zero-order valence-corrected chi connectivity index (χ0v) is 10.1. The SMILES string of the molecule is Cc1nc2ncnc(-c3ccc(F)cc3F)c2s1. The number of aromatic nitrogens is 3. The fourth-order valence-corrected chi connectivity index (χ4v) is 2.61. The zero-order valence-electron chi connectivity index (χ0n) is 9.32. The van der Waals surface area contributed by atoms with Crippen LogP contribution in [0.1, 0.15) is 5.01 Å². The maximum atomic E-state index is 13.8.